The Morgan fingerprint density at radius 1 is 1.32 bits per heavy atom. The zero-order chi connectivity index (χ0) is 20.5. The maximum absolute atomic E-state index is 12.8. The number of hydrogen-bond acceptors (Lipinski definition) is 6. The molecule has 2 amide bonds. The van der Waals surface area contributed by atoms with Crippen LogP contribution >= 0.6 is 11.3 Å². The summed E-state index contributed by atoms with van der Waals surface area (Å²) in [5, 5.41) is 8.31. The Labute approximate surface area is 169 Å². The molecule has 0 fully saturated rings. The number of fused-ring (bicyclic) bond motifs is 1. The highest BCUT2D eigenvalue weighted by Gasteiger charge is 2.33. The van der Waals surface area contributed by atoms with Gasteiger partial charge in [0.15, 0.2) is 10.8 Å². The van der Waals surface area contributed by atoms with Gasteiger partial charge in [0.25, 0.3) is 0 Å². The van der Waals surface area contributed by atoms with Crippen LogP contribution in [0.25, 0.3) is 10.8 Å². The molecule has 1 atom stereocenters. The fourth-order valence-electron chi connectivity index (χ4n) is 3.38. The number of rotatable bonds is 5. The topological polar surface area (TPSA) is 92.1 Å². The number of amides is 2. The Balaban J connectivity index is 1.85. The second kappa shape index (κ2) is 8.00. The van der Waals surface area contributed by atoms with E-state index in [1.165, 1.54) is 0 Å². The highest BCUT2D eigenvalue weighted by Crippen LogP contribution is 2.28. The molecule has 0 radical (unpaired) electrons. The van der Waals surface area contributed by atoms with Crippen molar-refractivity contribution in [2.75, 3.05) is 20.6 Å². The van der Waals surface area contributed by atoms with Crippen molar-refractivity contribution in [1.29, 1.82) is 0 Å². The van der Waals surface area contributed by atoms with E-state index in [-0.39, 0.29) is 18.2 Å². The molecule has 3 rings (SSSR count). The highest BCUT2D eigenvalue weighted by molar-refractivity contribution is 7.13. The lowest BCUT2D eigenvalue weighted by atomic mass is 9.86. The number of imidazole rings is 1. The summed E-state index contributed by atoms with van der Waals surface area (Å²) in [6.07, 6.45) is 1.90. The van der Waals surface area contributed by atoms with Crippen LogP contribution in [0, 0.1) is 5.41 Å². The Kier molecular flexibility index (Phi) is 5.85. The first-order valence-electron chi connectivity index (χ1n) is 9.38. The number of carbonyl (C=O) groups excluding carboxylic acids is 2. The van der Waals surface area contributed by atoms with Gasteiger partial charge in [-0.25, -0.2) is 9.97 Å². The van der Waals surface area contributed by atoms with Crippen LogP contribution in [0.4, 0.5) is 0 Å². The molecule has 0 unspecified atom stereocenters. The van der Waals surface area contributed by atoms with Crippen LogP contribution in [-0.4, -0.2) is 57.9 Å². The van der Waals surface area contributed by atoms with Gasteiger partial charge in [0.05, 0.1) is 17.8 Å². The summed E-state index contributed by atoms with van der Waals surface area (Å²) >= 11 is 1.54. The molecule has 152 valence electrons. The van der Waals surface area contributed by atoms with Crippen molar-refractivity contribution in [2.24, 2.45) is 5.41 Å². The summed E-state index contributed by atoms with van der Waals surface area (Å²) in [6, 6.07) is -0.607. The Hall–Kier alpha value is -2.26. The predicted molar refractivity (Wildman–Crippen MR) is 109 cm³/mol. The standard InChI is InChI=1S/C19H28N6O2S/c1-19(2,3)15(17(27)20-4)23-14(26)10-12-13-11-24(5)7-8-25(13)16(22-12)18-21-6-9-28-18/h6,9,15H,7-8,10-11H2,1-5H3,(H,20,27)(H,23,26)/t15-/m1/s1. The van der Waals surface area contributed by atoms with Crippen LogP contribution in [0.5, 0.6) is 0 Å². The number of nitrogens with zero attached hydrogens (tertiary/aromatic N) is 4. The fraction of sp³-hybridized carbons (Fsp3) is 0.579. The molecule has 0 saturated heterocycles. The van der Waals surface area contributed by atoms with Gasteiger partial charge in [0.1, 0.15) is 6.04 Å². The van der Waals surface area contributed by atoms with E-state index < -0.39 is 11.5 Å². The first kappa shape index (κ1) is 20.5. The minimum atomic E-state index is -0.607. The molecule has 2 aromatic heterocycles. The SMILES string of the molecule is CNC(=O)[C@@H](NC(=O)Cc1nc(-c2nccs2)n2c1CN(C)CC2)C(C)(C)C. The zero-order valence-corrected chi connectivity index (χ0v) is 17.9. The molecule has 9 heteroatoms. The van der Waals surface area contributed by atoms with E-state index in [2.05, 4.69) is 32.1 Å². The molecule has 2 N–H and O–H groups in total. The third-order valence-corrected chi connectivity index (χ3v) is 5.68. The molecule has 0 spiro atoms. The van der Waals surface area contributed by atoms with Crippen LogP contribution in [-0.2, 0) is 29.1 Å². The van der Waals surface area contributed by atoms with Crippen LogP contribution in [0.15, 0.2) is 11.6 Å². The van der Waals surface area contributed by atoms with Crippen LogP contribution in [0.1, 0.15) is 32.2 Å². The summed E-state index contributed by atoms with van der Waals surface area (Å²) in [7, 11) is 3.64. The van der Waals surface area contributed by atoms with Crippen molar-refractivity contribution in [3.8, 4) is 10.8 Å². The summed E-state index contributed by atoms with van der Waals surface area (Å²) in [4.78, 5) is 36.4. The molecular weight excluding hydrogens is 376 g/mol. The minimum Gasteiger partial charge on any atom is -0.357 e. The molecule has 0 bridgehead atoms. The van der Waals surface area contributed by atoms with Crippen LogP contribution in [0.2, 0.25) is 0 Å². The van der Waals surface area contributed by atoms with Gasteiger partial charge in [-0.05, 0) is 12.5 Å². The van der Waals surface area contributed by atoms with E-state index in [0.717, 1.165) is 41.9 Å². The zero-order valence-electron chi connectivity index (χ0n) is 17.1. The molecule has 0 saturated carbocycles. The first-order chi connectivity index (χ1) is 13.2. The second-order valence-corrected chi connectivity index (χ2v) is 9.11. The third kappa shape index (κ3) is 4.25. The molecule has 2 aromatic rings. The number of nitrogens with one attached hydrogen (secondary N) is 2. The van der Waals surface area contributed by atoms with Crippen molar-refractivity contribution < 1.29 is 9.59 Å². The monoisotopic (exact) mass is 404 g/mol. The molecule has 3 heterocycles. The lowest BCUT2D eigenvalue weighted by Gasteiger charge is -2.30. The Morgan fingerprint density at radius 3 is 2.68 bits per heavy atom. The van der Waals surface area contributed by atoms with E-state index >= 15 is 0 Å². The van der Waals surface area contributed by atoms with Gasteiger partial charge in [-0.15, -0.1) is 11.3 Å². The maximum atomic E-state index is 12.8. The molecule has 0 aliphatic carbocycles. The van der Waals surface area contributed by atoms with Gasteiger partial charge in [-0.3, -0.25) is 14.5 Å². The quantitative estimate of drug-likeness (QED) is 0.783. The van der Waals surface area contributed by atoms with Crippen molar-refractivity contribution in [3.05, 3.63) is 23.0 Å². The van der Waals surface area contributed by atoms with E-state index in [1.807, 2.05) is 26.2 Å². The highest BCUT2D eigenvalue weighted by atomic mass is 32.1. The average molecular weight is 405 g/mol. The van der Waals surface area contributed by atoms with E-state index in [1.54, 1.807) is 24.6 Å². The molecule has 1 aliphatic heterocycles. The van der Waals surface area contributed by atoms with Gasteiger partial charge in [0, 0.05) is 38.3 Å². The van der Waals surface area contributed by atoms with Crippen molar-refractivity contribution in [3.63, 3.8) is 0 Å². The number of thiazole rings is 1. The summed E-state index contributed by atoms with van der Waals surface area (Å²) in [5.41, 5.74) is 1.40. The number of hydrogen-bond donors (Lipinski definition) is 2. The molecule has 1 aliphatic rings. The fourth-order valence-corrected chi connectivity index (χ4v) is 4.02. The van der Waals surface area contributed by atoms with Crippen LogP contribution in [0.3, 0.4) is 0 Å². The molecule has 8 nitrogen and oxygen atoms in total. The largest absolute Gasteiger partial charge is 0.357 e. The number of aromatic nitrogens is 3. The second-order valence-electron chi connectivity index (χ2n) is 8.21. The van der Waals surface area contributed by atoms with E-state index in [4.69, 9.17) is 4.98 Å². The van der Waals surface area contributed by atoms with E-state index in [0.29, 0.717) is 0 Å². The lowest BCUT2D eigenvalue weighted by Crippen LogP contribution is -2.53. The number of likely N-dealkylation sites (N-methyl/N-ethyl adjacent to an activating group) is 2. The first-order valence-corrected chi connectivity index (χ1v) is 10.3. The van der Waals surface area contributed by atoms with Gasteiger partial charge in [-0.2, -0.15) is 0 Å². The van der Waals surface area contributed by atoms with Crippen molar-refractivity contribution in [2.45, 2.75) is 46.3 Å². The third-order valence-electron chi connectivity index (χ3n) is 4.91. The summed E-state index contributed by atoms with van der Waals surface area (Å²) in [6.45, 7) is 8.27. The minimum absolute atomic E-state index is 0.137. The Morgan fingerprint density at radius 2 is 2.07 bits per heavy atom. The predicted octanol–water partition coefficient (Wildman–Crippen LogP) is 1.27. The smallest absolute Gasteiger partial charge is 0.242 e. The summed E-state index contributed by atoms with van der Waals surface area (Å²) < 4.78 is 2.17. The van der Waals surface area contributed by atoms with Crippen LogP contribution < -0.4 is 10.6 Å². The van der Waals surface area contributed by atoms with Gasteiger partial charge < -0.3 is 15.2 Å². The average Bonchev–Trinajstić information content (AvgIpc) is 3.26. The maximum Gasteiger partial charge on any atom is 0.242 e. The normalized spacial score (nSPS) is 15.8. The number of carbonyl (C=O) groups is 2. The van der Waals surface area contributed by atoms with E-state index in [9.17, 15) is 9.59 Å². The molecular formula is C19H28N6O2S. The van der Waals surface area contributed by atoms with Crippen molar-refractivity contribution >= 4 is 23.2 Å². The van der Waals surface area contributed by atoms with Crippen molar-refractivity contribution in [1.82, 2.24) is 30.1 Å². The summed E-state index contributed by atoms with van der Waals surface area (Å²) in [5.74, 6) is 0.416. The molecule has 28 heavy (non-hydrogen) atoms. The molecule has 0 aromatic carbocycles. The van der Waals surface area contributed by atoms with Gasteiger partial charge in [-0.1, -0.05) is 20.8 Å². The Bertz CT molecular complexity index is 853. The lowest BCUT2D eigenvalue weighted by molar-refractivity contribution is -0.131. The van der Waals surface area contributed by atoms with Gasteiger partial charge in [0.2, 0.25) is 11.8 Å². The van der Waals surface area contributed by atoms with Gasteiger partial charge >= 0.3 is 0 Å².